The number of hydrogen-bond acceptors (Lipinski definition) is 7. The molecule has 2 heterocycles. The lowest BCUT2D eigenvalue weighted by molar-refractivity contribution is -0.388. The van der Waals surface area contributed by atoms with Crippen LogP contribution in [0.4, 0.5) is 5.69 Å². The molecule has 1 aliphatic heterocycles. The molecule has 0 aliphatic carbocycles. The number of ether oxygens (including phenoxy) is 1. The van der Waals surface area contributed by atoms with Gasteiger partial charge in [-0.25, -0.2) is 13.4 Å². The first kappa shape index (κ1) is 21.5. The average molecular weight is 460 g/mol. The highest BCUT2D eigenvalue weighted by Crippen LogP contribution is 2.37. The van der Waals surface area contributed by atoms with Crippen LogP contribution in [0.5, 0.6) is 0 Å². The highest BCUT2D eigenvalue weighted by atomic mass is 32.2. The van der Waals surface area contributed by atoms with Gasteiger partial charge in [-0.2, -0.15) is 0 Å². The Kier molecular flexibility index (Phi) is 6.12. The minimum Gasteiger partial charge on any atom is -0.376 e. The first-order valence-corrected chi connectivity index (χ1v) is 12.4. The molecule has 0 bridgehead atoms. The molecule has 1 aliphatic rings. The van der Waals surface area contributed by atoms with Gasteiger partial charge in [0, 0.05) is 18.9 Å². The minimum absolute atomic E-state index is 0.0543. The Labute approximate surface area is 184 Å². The summed E-state index contributed by atoms with van der Waals surface area (Å²) in [5.41, 5.74) is 1.62. The van der Waals surface area contributed by atoms with Crippen molar-refractivity contribution >= 4 is 27.3 Å². The molecule has 0 N–H and O–H groups in total. The van der Waals surface area contributed by atoms with E-state index in [1.165, 1.54) is 12.1 Å². The van der Waals surface area contributed by atoms with Gasteiger partial charge in [-0.3, -0.25) is 10.1 Å². The van der Waals surface area contributed by atoms with Gasteiger partial charge in [0.1, 0.15) is 0 Å². The molecule has 0 saturated carbocycles. The van der Waals surface area contributed by atoms with Crippen molar-refractivity contribution in [3.8, 4) is 11.3 Å². The summed E-state index contributed by atoms with van der Waals surface area (Å²) in [4.78, 5) is 15.8. The van der Waals surface area contributed by atoms with Crippen molar-refractivity contribution in [2.75, 3.05) is 12.9 Å². The SMILES string of the molecule is CS(=O)(=O)c1ccc(Sc2ncc(-c3ccccc3)n2C[C@@H]2CCCO2)c([N+](=O)[O-])c1. The summed E-state index contributed by atoms with van der Waals surface area (Å²) < 4.78 is 31.5. The molecule has 1 aromatic heterocycles. The van der Waals surface area contributed by atoms with Crippen LogP contribution >= 0.6 is 11.8 Å². The smallest absolute Gasteiger partial charge is 0.284 e. The van der Waals surface area contributed by atoms with E-state index in [1.54, 1.807) is 6.20 Å². The number of nitro benzene ring substituents is 1. The van der Waals surface area contributed by atoms with Gasteiger partial charge in [0.05, 0.1) is 39.3 Å². The number of hydrogen-bond donors (Lipinski definition) is 0. The van der Waals surface area contributed by atoms with E-state index >= 15 is 0 Å². The Hall–Kier alpha value is -2.69. The van der Waals surface area contributed by atoms with Crippen molar-refractivity contribution < 1.29 is 18.1 Å². The summed E-state index contributed by atoms with van der Waals surface area (Å²) in [6.45, 7) is 1.31. The zero-order valence-electron chi connectivity index (χ0n) is 16.8. The van der Waals surface area contributed by atoms with Gasteiger partial charge in [-0.15, -0.1) is 0 Å². The van der Waals surface area contributed by atoms with Crippen molar-refractivity contribution in [2.24, 2.45) is 0 Å². The highest BCUT2D eigenvalue weighted by Gasteiger charge is 2.24. The molecular weight excluding hydrogens is 438 g/mol. The van der Waals surface area contributed by atoms with Crippen LogP contribution in [0.25, 0.3) is 11.3 Å². The number of nitrogens with zero attached hydrogens (tertiary/aromatic N) is 3. The lowest BCUT2D eigenvalue weighted by Gasteiger charge is -2.16. The van der Waals surface area contributed by atoms with E-state index in [4.69, 9.17) is 4.74 Å². The number of nitro groups is 1. The van der Waals surface area contributed by atoms with Gasteiger partial charge in [0.15, 0.2) is 15.0 Å². The number of rotatable bonds is 7. The molecule has 8 nitrogen and oxygen atoms in total. The lowest BCUT2D eigenvalue weighted by Crippen LogP contribution is -2.16. The maximum Gasteiger partial charge on any atom is 0.284 e. The van der Waals surface area contributed by atoms with Gasteiger partial charge in [-0.05, 0) is 42.3 Å². The summed E-state index contributed by atoms with van der Waals surface area (Å²) in [6, 6.07) is 13.8. The van der Waals surface area contributed by atoms with Crippen molar-refractivity contribution in [3.63, 3.8) is 0 Å². The first-order chi connectivity index (χ1) is 14.8. The maximum atomic E-state index is 11.8. The molecule has 1 saturated heterocycles. The van der Waals surface area contributed by atoms with Crippen molar-refractivity contribution in [1.29, 1.82) is 0 Å². The zero-order valence-corrected chi connectivity index (χ0v) is 18.4. The third kappa shape index (κ3) is 4.81. The van der Waals surface area contributed by atoms with Crippen LogP contribution in [0.2, 0.25) is 0 Å². The van der Waals surface area contributed by atoms with Gasteiger partial charge in [0.2, 0.25) is 0 Å². The van der Waals surface area contributed by atoms with Crippen LogP contribution in [0.15, 0.2) is 69.7 Å². The number of imidazole rings is 1. The maximum absolute atomic E-state index is 11.8. The summed E-state index contributed by atoms with van der Waals surface area (Å²) >= 11 is 1.15. The topological polar surface area (TPSA) is 104 Å². The Morgan fingerprint density at radius 1 is 1.26 bits per heavy atom. The third-order valence-corrected chi connectivity index (χ3v) is 7.24. The summed E-state index contributed by atoms with van der Waals surface area (Å²) in [7, 11) is -3.56. The van der Waals surface area contributed by atoms with Crippen LogP contribution in [-0.4, -0.2) is 41.9 Å². The van der Waals surface area contributed by atoms with E-state index in [1.807, 2.05) is 34.9 Å². The molecule has 0 radical (unpaired) electrons. The summed E-state index contributed by atoms with van der Waals surface area (Å²) in [5.74, 6) is 0. The highest BCUT2D eigenvalue weighted by molar-refractivity contribution is 7.99. The quantitative estimate of drug-likeness (QED) is 0.385. The molecule has 4 rings (SSSR count). The molecule has 0 amide bonds. The average Bonchev–Trinajstić information content (AvgIpc) is 3.39. The van der Waals surface area contributed by atoms with Gasteiger partial charge >= 0.3 is 0 Å². The van der Waals surface area contributed by atoms with Crippen LogP contribution in [0, 0.1) is 10.1 Å². The minimum atomic E-state index is -3.56. The van der Waals surface area contributed by atoms with Crippen molar-refractivity contribution in [2.45, 2.75) is 40.4 Å². The van der Waals surface area contributed by atoms with E-state index in [2.05, 4.69) is 4.98 Å². The Morgan fingerprint density at radius 3 is 2.68 bits per heavy atom. The lowest BCUT2D eigenvalue weighted by atomic mass is 10.1. The molecule has 31 heavy (non-hydrogen) atoms. The monoisotopic (exact) mass is 459 g/mol. The summed E-state index contributed by atoms with van der Waals surface area (Å²) in [5, 5.41) is 12.2. The van der Waals surface area contributed by atoms with Crippen LogP contribution in [0.3, 0.4) is 0 Å². The molecule has 10 heteroatoms. The zero-order chi connectivity index (χ0) is 22.0. The molecule has 3 aromatic rings. The largest absolute Gasteiger partial charge is 0.376 e. The van der Waals surface area contributed by atoms with Crippen LogP contribution in [-0.2, 0) is 21.1 Å². The predicted molar refractivity (Wildman–Crippen MR) is 117 cm³/mol. The molecular formula is C21H21N3O5S2. The number of aromatic nitrogens is 2. The van der Waals surface area contributed by atoms with Crippen LogP contribution < -0.4 is 0 Å². The molecule has 0 spiro atoms. The van der Waals surface area contributed by atoms with Crippen molar-refractivity contribution in [1.82, 2.24) is 9.55 Å². The molecule has 162 valence electrons. The Balaban J connectivity index is 1.74. The molecule has 1 fully saturated rings. The second-order valence-corrected chi connectivity index (χ2v) is 10.3. The van der Waals surface area contributed by atoms with E-state index in [-0.39, 0.29) is 16.7 Å². The summed E-state index contributed by atoms with van der Waals surface area (Å²) in [6.07, 6.45) is 4.78. The van der Waals surface area contributed by atoms with Gasteiger partial charge in [-0.1, -0.05) is 30.3 Å². The van der Waals surface area contributed by atoms with E-state index in [9.17, 15) is 18.5 Å². The Bertz CT molecular complexity index is 1200. The fraction of sp³-hybridized carbons (Fsp3) is 0.286. The molecule has 2 aromatic carbocycles. The van der Waals surface area contributed by atoms with E-state index in [0.717, 1.165) is 54.8 Å². The van der Waals surface area contributed by atoms with Gasteiger partial charge < -0.3 is 9.30 Å². The number of sulfone groups is 1. The fourth-order valence-electron chi connectivity index (χ4n) is 3.50. The third-order valence-electron chi connectivity index (χ3n) is 5.06. The van der Waals surface area contributed by atoms with Crippen molar-refractivity contribution in [3.05, 3.63) is 64.8 Å². The standard InChI is InChI=1S/C21H21N3O5S2/c1-31(27,28)17-9-10-20(18(12-17)24(25)26)30-21-22-13-19(15-6-3-2-4-7-15)23(21)14-16-8-5-11-29-16/h2-4,6-7,9-10,12-13,16H,5,8,11,14H2,1H3/t16-/m0/s1. The first-order valence-electron chi connectivity index (χ1n) is 9.72. The normalized spacial score (nSPS) is 16.5. The second-order valence-electron chi connectivity index (χ2n) is 7.30. The fourth-order valence-corrected chi connectivity index (χ4v) is 5.10. The second kappa shape index (κ2) is 8.81. The predicted octanol–water partition coefficient (Wildman–Crippen LogP) is 4.19. The van der Waals surface area contributed by atoms with Crippen LogP contribution in [0.1, 0.15) is 12.8 Å². The van der Waals surface area contributed by atoms with E-state index < -0.39 is 14.8 Å². The molecule has 0 unspecified atom stereocenters. The van der Waals surface area contributed by atoms with E-state index in [0.29, 0.717) is 16.6 Å². The molecule has 1 atom stereocenters. The number of benzene rings is 2. The Morgan fingerprint density at radius 2 is 2.03 bits per heavy atom. The van der Waals surface area contributed by atoms with Gasteiger partial charge in [0.25, 0.3) is 5.69 Å².